The molecule has 2 aromatic rings. The fourth-order valence-electron chi connectivity index (χ4n) is 1.70. The molecule has 0 saturated carbocycles. The highest BCUT2D eigenvalue weighted by Crippen LogP contribution is 2.30. The van der Waals surface area contributed by atoms with Gasteiger partial charge in [0.15, 0.2) is 9.84 Å². The van der Waals surface area contributed by atoms with Gasteiger partial charge >= 0.3 is 0 Å². The number of hydrogen-bond acceptors (Lipinski definition) is 5. The predicted octanol–water partition coefficient (Wildman–Crippen LogP) is 2.76. The van der Waals surface area contributed by atoms with Crippen LogP contribution in [0, 0.1) is 11.3 Å². The van der Waals surface area contributed by atoms with Crippen LogP contribution >= 0.6 is 0 Å². The number of sulfone groups is 1. The highest BCUT2D eigenvalue weighted by molar-refractivity contribution is 7.90. The molecule has 0 N–H and O–H groups in total. The van der Waals surface area contributed by atoms with Gasteiger partial charge in [-0.1, -0.05) is 6.07 Å². The number of methoxy groups -OCH3 is 1. The Morgan fingerprint density at radius 3 is 2.48 bits per heavy atom. The third-order valence-electron chi connectivity index (χ3n) is 2.77. The van der Waals surface area contributed by atoms with Crippen molar-refractivity contribution in [3.05, 3.63) is 48.0 Å². The molecule has 0 radical (unpaired) electrons. The van der Waals surface area contributed by atoms with E-state index in [1.807, 2.05) is 6.07 Å². The zero-order chi connectivity index (χ0) is 15.5. The number of nitrogens with zero attached hydrogens (tertiary/aromatic N) is 1. The minimum Gasteiger partial charge on any atom is -0.497 e. The maximum Gasteiger partial charge on any atom is 0.175 e. The van der Waals surface area contributed by atoms with Crippen molar-refractivity contribution in [2.75, 3.05) is 13.4 Å². The van der Waals surface area contributed by atoms with Gasteiger partial charge in [-0.15, -0.1) is 0 Å². The first kappa shape index (κ1) is 14.9. The summed E-state index contributed by atoms with van der Waals surface area (Å²) in [5, 5.41) is 9.08. The lowest BCUT2D eigenvalue weighted by atomic mass is 10.2. The monoisotopic (exact) mass is 303 g/mol. The second kappa shape index (κ2) is 5.85. The summed E-state index contributed by atoms with van der Waals surface area (Å²) >= 11 is 0. The van der Waals surface area contributed by atoms with Crippen LogP contribution in [0.3, 0.4) is 0 Å². The largest absolute Gasteiger partial charge is 0.497 e. The second-order valence-corrected chi connectivity index (χ2v) is 6.34. The van der Waals surface area contributed by atoms with E-state index in [9.17, 15) is 8.42 Å². The fraction of sp³-hybridized carbons (Fsp3) is 0.133. The number of hydrogen-bond donors (Lipinski definition) is 0. The summed E-state index contributed by atoms with van der Waals surface area (Å²) in [5.74, 6) is 1.19. The summed E-state index contributed by atoms with van der Waals surface area (Å²) in [6.07, 6.45) is 1.12. The summed E-state index contributed by atoms with van der Waals surface area (Å²) in [6.45, 7) is 0. The summed E-state index contributed by atoms with van der Waals surface area (Å²) in [4.78, 5) is 0.154. The number of nitriles is 1. The molecule has 6 heteroatoms. The molecule has 108 valence electrons. The van der Waals surface area contributed by atoms with Crippen LogP contribution in [-0.4, -0.2) is 21.8 Å². The van der Waals surface area contributed by atoms with E-state index < -0.39 is 9.84 Å². The van der Waals surface area contributed by atoms with E-state index in [0.717, 1.165) is 6.26 Å². The first-order valence-electron chi connectivity index (χ1n) is 6.00. The second-order valence-electron chi connectivity index (χ2n) is 4.32. The van der Waals surface area contributed by atoms with E-state index >= 15 is 0 Å². The van der Waals surface area contributed by atoms with Crippen LogP contribution < -0.4 is 9.47 Å². The molecule has 0 fully saturated rings. The molecule has 0 atom stereocenters. The van der Waals surface area contributed by atoms with Gasteiger partial charge in [0.05, 0.1) is 17.6 Å². The molecule has 0 aliphatic rings. The quantitative estimate of drug-likeness (QED) is 0.868. The van der Waals surface area contributed by atoms with Crippen molar-refractivity contribution >= 4 is 9.84 Å². The Bertz CT molecular complexity index is 807. The van der Waals surface area contributed by atoms with Gasteiger partial charge in [0.25, 0.3) is 0 Å². The van der Waals surface area contributed by atoms with Crippen molar-refractivity contribution < 1.29 is 17.9 Å². The molecule has 21 heavy (non-hydrogen) atoms. The smallest absolute Gasteiger partial charge is 0.175 e. The highest BCUT2D eigenvalue weighted by atomic mass is 32.2. The van der Waals surface area contributed by atoms with E-state index in [-0.39, 0.29) is 4.90 Å². The van der Waals surface area contributed by atoms with Crippen LogP contribution in [0.4, 0.5) is 0 Å². The zero-order valence-corrected chi connectivity index (χ0v) is 12.3. The van der Waals surface area contributed by atoms with Crippen LogP contribution in [0.1, 0.15) is 5.56 Å². The molecule has 0 bridgehead atoms. The van der Waals surface area contributed by atoms with Gasteiger partial charge in [-0.05, 0) is 30.3 Å². The van der Waals surface area contributed by atoms with Crippen molar-refractivity contribution in [3.8, 4) is 23.3 Å². The first-order valence-corrected chi connectivity index (χ1v) is 7.89. The van der Waals surface area contributed by atoms with E-state index in [1.54, 1.807) is 30.3 Å². The van der Waals surface area contributed by atoms with E-state index in [4.69, 9.17) is 14.7 Å². The highest BCUT2D eigenvalue weighted by Gasteiger charge is 2.10. The molecule has 0 spiro atoms. The summed E-state index contributed by atoms with van der Waals surface area (Å²) in [5.41, 5.74) is 0.334. The van der Waals surface area contributed by atoms with Gasteiger partial charge in [-0.25, -0.2) is 8.42 Å². The Labute approximate surface area is 123 Å². The van der Waals surface area contributed by atoms with Gasteiger partial charge in [0.2, 0.25) is 0 Å². The molecule has 0 aliphatic heterocycles. The van der Waals surface area contributed by atoms with Gasteiger partial charge in [-0.2, -0.15) is 5.26 Å². The molecule has 0 unspecified atom stereocenters. The van der Waals surface area contributed by atoms with Crippen molar-refractivity contribution in [1.29, 1.82) is 5.26 Å². The van der Waals surface area contributed by atoms with Crippen LogP contribution in [0.2, 0.25) is 0 Å². The Morgan fingerprint density at radius 2 is 1.86 bits per heavy atom. The SMILES string of the molecule is COc1ccc(C#N)c(Oc2cccc(S(C)(=O)=O)c2)c1. The van der Waals surface area contributed by atoms with Crippen LogP contribution in [0.15, 0.2) is 47.4 Å². The Balaban J connectivity index is 2.41. The molecule has 0 saturated heterocycles. The van der Waals surface area contributed by atoms with Gasteiger partial charge in [0, 0.05) is 12.3 Å². The Hall–Kier alpha value is -2.52. The number of rotatable bonds is 4. The maximum absolute atomic E-state index is 11.5. The molecule has 0 amide bonds. The first-order chi connectivity index (χ1) is 9.94. The molecule has 0 aliphatic carbocycles. The zero-order valence-electron chi connectivity index (χ0n) is 11.5. The van der Waals surface area contributed by atoms with Crippen LogP contribution in [-0.2, 0) is 9.84 Å². The molecule has 2 aromatic carbocycles. The van der Waals surface area contributed by atoms with Gasteiger partial charge in [0.1, 0.15) is 23.3 Å². The minimum atomic E-state index is -3.32. The van der Waals surface area contributed by atoms with Crippen molar-refractivity contribution in [2.24, 2.45) is 0 Å². The predicted molar refractivity (Wildman–Crippen MR) is 77.3 cm³/mol. The minimum absolute atomic E-state index is 0.154. The topological polar surface area (TPSA) is 76.4 Å². The Morgan fingerprint density at radius 1 is 1.10 bits per heavy atom. The van der Waals surface area contributed by atoms with E-state index in [1.165, 1.54) is 19.2 Å². The molecular weight excluding hydrogens is 290 g/mol. The average Bonchev–Trinajstić information content (AvgIpc) is 2.46. The van der Waals surface area contributed by atoms with Gasteiger partial charge in [-0.3, -0.25) is 0 Å². The lowest BCUT2D eigenvalue weighted by molar-refractivity contribution is 0.408. The van der Waals surface area contributed by atoms with Crippen molar-refractivity contribution in [1.82, 2.24) is 0 Å². The van der Waals surface area contributed by atoms with Crippen molar-refractivity contribution in [3.63, 3.8) is 0 Å². The lowest BCUT2D eigenvalue weighted by Crippen LogP contribution is -1.97. The summed E-state index contributed by atoms with van der Waals surface area (Å²) in [6, 6.07) is 12.9. The maximum atomic E-state index is 11.5. The molecule has 2 rings (SSSR count). The standard InChI is InChI=1S/C15H13NO4S/c1-19-12-7-6-11(10-16)15(9-12)20-13-4-3-5-14(8-13)21(2,17)18/h3-9H,1-2H3. The van der Waals surface area contributed by atoms with Gasteiger partial charge < -0.3 is 9.47 Å². The van der Waals surface area contributed by atoms with E-state index in [2.05, 4.69) is 0 Å². The third kappa shape index (κ3) is 3.52. The Kier molecular flexibility index (Phi) is 4.15. The summed E-state index contributed by atoms with van der Waals surface area (Å²) < 4.78 is 33.8. The molecule has 5 nitrogen and oxygen atoms in total. The third-order valence-corrected chi connectivity index (χ3v) is 3.88. The van der Waals surface area contributed by atoms with E-state index in [0.29, 0.717) is 22.8 Å². The van der Waals surface area contributed by atoms with Crippen LogP contribution in [0.25, 0.3) is 0 Å². The molecular formula is C15H13NO4S. The number of ether oxygens (including phenoxy) is 2. The fourth-order valence-corrected chi connectivity index (χ4v) is 2.36. The average molecular weight is 303 g/mol. The number of benzene rings is 2. The lowest BCUT2D eigenvalue weighted by Gasteiger charge is -2.10. The molecule has 0 heterocycles. The summed E-state index contributed by atoms with van der Waals surface area (Å²) in [7, 11) is -1.81. The molecule has 0 aromatic heterocycles. The normalized spacial score (nSPS) is 10.7. The van der Waals surface area contributed by atoms with Crippen molar-refractivity contribution in [2.45, 2.75) is 4.90 Å². The van der Waals surface area contributed by atoms with Crippen LogP contribution in [0.5, 0.6) is 17.2 Å².